The van der Waals surface area contributed by atoms with Crippen molar-refractivity contribution >= 4 is 34.0 Å². The number of rotatable bonds is 5. The topological polar surface area (TPSA) is 60.3 Å². The molecule has 0 unspecified atom stereocenters. The Morgan fingerprint density at radius 3 is 2.74 bits per heavy atom. The van der Waals surface area contributed by atoms with E-state index in [4.69, 9.17) is 16.3 Å². The van der Waals surface area contributed by atoms with Crippen LogP contribution in [0.15, 0.2) is 53.5 Å². The SMILES string of the molecule is Cc1c(Cl)cccc1NC(=O)Cn1ccc2cc(OC(C)C)ccc2c1=O. The van der Waals surface area contributed by atoms with Crippen molar-refractivity contribution in [3.05, 3.63) is 69.6 Å². The number of halogens is 1. The Bertz CT molecular complexity index is 1060. The van der Waals surface area contributed by atoms with Crippen molar-refractivity contribution in [1.29, 1.82) is 0 Å². The normalized spacial score (nSPS) is 11.0. The summed E-state index contributed by atoms with van der Waals surface area (Å²) in [4.78, 5) is 25.1. The lowest BCUT2D eigenvalue weighted by atomic mass is 10.1. The maximum absolute atomic E-state index is 12.7. The van der Waals surface area contributed by atoms with Crippen molar-refractivity contribution in [3.63, 3.8) is 0 Å². The fourth-order valence-electron chi connectivity index (χ4n) is 2.82. The third-order valence-electron chi connectivity index (χ3n) is 4.18. The molecule has 0 saturated carbocycles. The summed E-state index contributed by atoms with van der Waals surface area (Å²) in [7, 11) is 0. The quantitative estimate of drug-likeness (QED) is 0.709. The highest BCUT2D eigenvalue weighted by molar-refractivity contribution is 6.31. The Kier molecular flexibility index (Phi) is 5.51. The van der Waals surface area contributed by atoms with Gasteiger partial charge in [0.15, 0.2) is 0 Å². The molecule has 0 bridgehead atoms. The zero-order valence-electron chi connectivity index (χ0n) is 15.5. The van der Waals surface area contributed by atoms with E-state index < -0.39 is 0 Å². The fraction of sp³-hybridized carbons (Fsp3) is 0.238. The van der Waals surface area contributed by atoms with Crippen LogP contribution in [0, 0.1) is 6.92 Å². The maximum Gasteiger partial charge on any atom is 0.258 e. The van der Waals surface area contributed by atoms with Crippen LogP contribution in [0.1, 0.15) is 19.4 Å². The van der Waals surface area contributed by atoms with Crippen molar-refractivity contribution < 1.29 is 9.53 Å². The van der Waals surface area contributed by atoms with E-state index in [0.717, 1.165) is 10.9 Å². The van der Waals surface area contributed by atoms with Crippen LogP contribution in [-0.4, -0.2) is 16.6 Å². The van der Waals surface area contributed by atoms with E-state index in [-0.39, 0.29) is 24.1 Å². The summed E-state index contributed by atoms with van der Waals surface area (Å²) < 4.78 is 7.05. The van der Waals surface area contributed by atoms with Crippen LogP contribution >= 0.6 is 11.6 Å². The molecule has 3 aromatic rings. The molecule has 0 fully saturated rings. The molecule has 0 atom stereocenters. The van der Waals surface area contributed by atoms with Gasteiger partial charge in [-0.15, -0.1) is 0 Å². The number of benzene rings is 2. The zero-order valence-corrected chi connectivity index (χ0v) is 16.2. The molecule has 5 nitrogen and oxygen atoms in total. The monoisotopic (exact) mass is 384 g/mol. The van der Waals surface area contributed by atoms with Gasteiger partial charge in [0.1, 0.15) is 12.3 Å². The minimum absolute atomic E-state index is 0.0569. The number of pyridine rings is 1. The predicted octanol–water partition coefficient (Wildman–Crippen LogP) is 4.39. The van der Waals surface area contributed by atoms with Gasteiger partial charge in [0.25, 0.3) is 5.56 Å². The second-order valence-corrected chi connectivity index (χ2v) is 7.03. The second kappa shape index (κ2) is 7.84. The Labute approximate surface area is 162 Å². The summed E-state index contributed by atoms with van der Waals surface area (Å²) in [5, 5.41) is 4.70. The average molecular weight is 385 g/mol. The molecule has 1 heterocycles. The number of hydrogen-bond acceptors (Lipinski definition) is 3. The molecule has 0 saturated heterocycles. The number of amides is 1. The van der Waals surface area contributed by atoms with E-state index in [1.165, 1.54) is 4.57 Å². The van der Waals surface area contributed by atoms with Crippen molar-refractivity contribution in [1.82, 2.24) is 4.57 Å². The van der Waals surface area contributed by atoms with Crippen LogP contribution in [0.2, 0.25) is 5.02 Å². The number of hydrogen-bond donors (Lipinski definition) is 1. The van der Waals surface area contributed by atoms with Gasteiger partial charge in [-0.3, -0.25) is 9.59 Å². The molecule has 3 rings (SSSR count). The highest BCUT2D eigenvalue weighted by Crippen LogP contribution is 2.23. The first-order valence-corrected chi connectivity index (χ1v) is 9.08. The van der Waals surface area contributed by atoms with Gasteiger partial charge in [0.05, 0.1) is 6.10 Å². The van der Waals surface area contributed by atoms with Crippen LogP contribution in [0.25, 0.3) is 10.8 Å². The van der Waals surface area contributed by atoms with E-state index in [0.29, 0.717) is 21.8 Å². The molecule has 1 N–H and O–H groups in total. The molecule has 140 valence electrons. The number of anilines is 1. The molecule has 27 heavy (non-hydrogen) atoms. The number of fused-ring (bicyclic) bond motifs is 1. The zero-order chi connectivity index (χ0) is 19.6. The van der Waals surface area contributed by atoms with Crippen LogP contribution in [0.4, 0.5) is 5.69 Å². The highest BCUT2D eigenvalue weighted by atomic mass is 35.5. The Morgan fingerprint density at radius 2 is 2.00 bits per heavy atom. The number of carbonyl (C=O) groups excluding carboxylic acids is 1. The number of aromatic nitrogens is 1. The fourth-order valence-corrected chi connectivity index (χ4v) is 3.00. The molecule has 2 aromatic carbocycles. The summed E-state index contributed by atoms with van der Waals surface area (Å²) in [5.74, 6) is 0.422. The minimum atomic E-state index is -0.290. The number of nitrogens with one attached hydrogen (secondary N) is 1. The Hall–Kier alpha value is -2.79. The first-order valence-electron chi connectivity index (χ1n) is 8.70. The Morgan fingerprint density at radius 1 is 1.22 bits per heavy atom. The van der Waals surface area contributed by atoms with Gasteiger partial charge < -0.3 is 14.6 Å². The lowest BCUT2D eigenvalue weighted by Gasteiger charge is -2.12. The molecule has 0 aliphatic heterocycles. The van der Waals surface area contributed by atoms with Crippen molar-refractivity contribution in [2.24, 2.45) is 0 Å². The van der Waals surface area contributed by atoms with Crippen LogP contribution < -0.4 is 15.6 Å². The van der Waals surface area contributed by atoms with E-state index in [9.17, 15) is 9.59 Å². The Balaban J connectivity index is 1.82. The van der Waals surface area contributed by atoms with E-state index in [1.807, 2.05) is 32.9 Å². The molecule has 1 amide bonds. The van der Waals surface area contributed by atoms with Gasteiger partial charge in [-0.1, -0.05) is 17.7 Å². The van der Waals surface area contributed by atoms with Gasteiger partial charge in [0, 0.05) is 22.3 Å². The highest BCUT2D eigenvalue weighted by Gasteiger charge is 2.10. The molecule has 0 aliphatic carbocycles. The van der Waals surface area contributed by atoms with Gasteiger partial charge in [-0.05, 0) is 68.1 Å². The van der Waals surface area contributed by atoms with Crippen LogP contribution in [-0.2, 0) is 11.3 Å². The first-order chi connectivity index (χ1) is 12.8. The molecular formula is C21H21ClN2O3. The van der Waals surface area contributed by atoms with Crippen LogP contribution in [0.3, 0.4) is 0 Å². The molecule has 6 heteroatoms. The van der Waals surface area contributed by atoms with Gasteiger partial charge >= 0.3 is 0 Å². The summed E-state index contributed by atoms with van der Waals surface area (Å²) in [5.41, 5.74) is 1.20. The van der Waals surface area contributed by atoms with Gasteiger partial charge in [0.2, 0.25) is 5.91 Å². The lowest BCUT2D eigenvalue weighted by molar-refractivity contribution is -0.116. The largest absolute Gasteiger partial charge is 0.491 e. The van der Waals surface area contributed by atoms with Gasteiger partial charge in [-0.25, -0.2) is 0 Å². The summed E-state index contributed by atoms with van der Waals surface area (Å²) in [6.07, 6.45) is 1.68. The summed E-state index contributed by atoms with van der Waals surface area (Å²) in [6.45, 7) is 5.65. The average Bonchev–Trinajstić information content (AvgIpc) is 2.61. The smallest absolute Gasteiger partial charge is 0.258 e. The van der Waals surface area contributed by atoms with E-state index in [1.54, 1.807) is 36.5 Å². The molecule has 1 aromatic heterocycles. The molecule has 0 radical (unpaired) electrons. The molecule has 0 spiro atoms. The van der Waals surface area contributed by atoms with Crippen molar-refractivity contribution in [2.75, 3.05) is 5.32 Å². The molecule has 0 aliphatic rings. The molecular weight excluding hydrogens is 364 g/mol. The number of nitrogens with zero attached hydrogens (tertiary/aromatic N) is 1. The summed E-state index contributed by atoms with van der Waals surface area (Å²) >= 11 is 6.08. The predicted molar refractivity (Wildman–Crippen MR) is 109 cm³/mol. The van der Waals surface area contributed by atoms with Crippen LogP contribution in [0.5, 0.6) is 5.75 Å². The van der Waals surface area contributed by atoms with Gasteiger partial charge in [-0.2, -0.15) is 0 Å². The number of carbonyl (C=O) groups is 1. The first kappa shape index (κ1) is 19.0. The number of ether oxygens (including phenoxy) is 1. The van der Waals surface area contributed by atoms with Crippen molar-refractivity contribution in [3.8, 4) is 5.75 Å². The lowest BCUT2D eigenvalue weighted by Crippen LogP contribution is -2.27. The minimum Gasteiger partial charge on any atom is -0.491 e. The third kappa shape index (κ3) is 4.31. The van der Waals surface area contributed by atoms with Crippen molar-refractivity contribution in [2.45, 2.75) is 33.4 Å². The maximum atomic E-state index is 12.7. The standard InChI is InChI=1S/C21H21ClN2O3/c1-13(2)27-16-7-8-17-15(11-16)9-10-24(21(17)26)12-20(25)23-19-6-4-5-18(22)14(19)3/h4-11,13H,12H2,1-3H3,(H,23,25). The third-order valence-corrected chi connectivity index (χ3v) is 4.59. The summed E-state index contributed by atoms with van der Waals surface area (Å²) in [6, 6.07) is 12.4. The van der Waals surface area contributed by atoms with E-state index >= 15 is 0 Å². The van der Waals surface area contributed by atoms with E-state index in [2.05, 4.69) is 5.32 Å². The second-order valence-electron chi connectivity index (χ2n) is 6.63.